The lowest BCUT2D eigenvalue weighted by molar-refractivity contribution is -0.134. The molecule has 1 aliphatic heterocycles. The SMILES string of the molecule is C[C@H]1CN([C@@H](C)CO)C(=O)Cc2cc(NS(=O)(=O)c3ccc(Cl)cc3)ccc2O[C@H]1CN(C)Cc1ccc(Oc2ccccc2)cc1. The summed E-state index contributed by atoms with van der Waals surface area (Å²) >= 11 is 5.94. The number of para-hydroxylation sites is 1. The first-order valence-corrected chi connectivity index (χ1v) is 17.4. The van der Waals surface area contributed by atoms with Gasteiger partial charge in [-0.25, -0.2) is 8.42 Å². The molecular formula is C36H40ClN3O6S. The fourth-order valence-corrected chi connectivity index (χ4v) is 6.69. The lowest BCUT2D eigenvalue weighted by atomic mass is 10.0. The summed E-state index contributed by atoms with van der Waals surface area (Å²) in [6.45, 7) is 5.29. The Morgan fingerprint density at radius 3 is 2.38 bits per heavy atom. The molecule has 0 saturated heterocycles. The van der Waals surface area contributed by atoms with Gasteiger partial charge in [0.1, 0.15) is 23.4 Å². The van der Waals surface area contributed by atoms with Crippen LogP contribution in [0.2, 0.25) is 5.02 Å². The Bertz CT molecular complexity index is 1750. The molecule has 0 bridgehead atoms. The molecular weight excluding hydrogens is 638 g/mol. The van der Waals surface area contributed by atoms with E-state index in [-0.39, 0.29) is 35.9 Å². The van der Waals surface area contributed by atoms with Crippen molar-refractivity contribution in [2.45, 2.75) is 43.9 Å². The monoisotopic (exact) mass is 677 g/mol. The summed E-state index contributed by atoms with van der Waals surface area (Å²) in [7, 11) is -1.88. The number of ether oxygens (including phenoxy) is 2. The van der Waals surface area contributed by atoms with Crippen LogP contribution in [-0.2, 0) is 27.8 Å². The lowest BCUT2D eigenvalue weighted by Crippen LogP contribution is -2.47. The van der Waals surface area contributed by atoms with Crippen molar-refractivity contribution in [1.29, 1.82) is 0 Å². The summed E-state index contributed by atoms with van der Waals surface area (Å²) in [4.78, 5) is 17.5. The average molecular weight is 678 g/mol. The van der Waals surface area contributed by atoms with Gasteiger partial charge in [-0.15, -0.1) is 0 Å². The Morgan fingerprint density at radius 2 is 1.70 bits per heavy atom. The Morgan fingerprint density at radius 1 is 1.02 bits per heavy atom. The van der Waals surface area contributed by atoms with E-state index < -0.39 is 16.1 Å². The molecule has 1 aliphatic rings. The van der Waals surface area contributed by atoms with Crippen molar-refractivity contribution in [1.82, 2.24) is 9.80 Å². The minimum atomic E-state index is -3.90. The van der Waals surface area contributed by atoms with Gasteiger partial charge in [-0.05, 0) is 86.3 Å². The number of aliphatic hydroxyl groups excluding tert-OH is 1. The number of fused-ring (bicyclic) bond motifs is 1. The van der Waals surface area contributed by atoms with E-state index in [1.54, 1.807) is 23.1 Å². The molecule has 0 spiro atoms. The molecule has 0 saturated carbocycles. The number of nitrogens with one attached hydrogen (secondary N) is 1. The number of hydrogen-bond donors (Lipinski definition) is 2. The van der Waals surface area contributed by atoms with Gasteiger partial charge in [-0.3, -0.25) is 14.4 Å². The highest BCUT2D eigenvalue weighted by atomic mass is 35.5. The Labute approximate surface area is 281 Å². The second kappa shape index (κ2) is 15.2. The number of likely N-dealkylation sites (N-methyl/N-ethyl adjacent to an activating group) is 1. The van der Waals surface area contributed by atoms with Gasteiger partial charge >= 0.3 is 0 Å². The molecule has 9 nitrogen and oxygen atoms in total. The number of sulfonamides is 1. The van der Waals surface area contributed by atoms with Crippen molar-refractivity contribution in [3.63, 3.8) is 0 Å². The normalized spacial score (nSPS) is 17.6. The van der Waals surface area contributed by atoms with E-state index in [0.717, 1.165) is 17.1 Å². The number of hydrogen-bond acceptors (Lipinski definition) is 7. The van der Waals surface area contributed by atoms with Crippen LogP contribution in [0.25, 0.3) is 0 Å². The van der Waals surface area contributed by atoms with Crippen molar-refractivity contribution in [3.8, 4) is 17.2 Å². The van der Waals surface area contributed by atoms with Crippen LogP contribution in [0.4, 0.5) is 5.69 Å². The van der Waals surface area contributed by atoms with Crippen LogP contribution in [0.15, 0.2) is 102 Å². The van der Waals surface area contributed by atoms with E-state index in [0.29, 0.717) is 41.7 Å². The van der Waals surface area contributed by atoms with E-state index in [2.05, 4.69) is 9.62 Å². The lowest BCUT2D eigenvalue weighted by Gasteiger charge is -2.34. The largest absolute Gasteiger partial charge is 0.488 e. The predicted molar refractivity (Wildman–Crippen MR) is 184 cm³/mol. The third kappa shape index (κ3) is 9.04. The zero-order valence-electron chi connectivity index (χ0n) is 26.7. The van der Waals surface area contributed by atoms with E-state index in [4.69, 9.17) is 21.1 Å². The highest BCUT2D eigenvalue weighted by molar-refractivity contribution is 7.92. The molecule has 0 aromatic heterocycles. The number of benzene rings is 4. The quantitative estimate of drug-likeness (QED) is 0.194. The van der Waals surface area contributed by atoms with Crippen LogP contribution in [-0.4, -0.2) is 68.1 Å². The van der Waals surface area contributed by atoms with Crippen LogP contribution in [0, 0.1) is 5.92 Å². The summed E-state index contributed by atoms with van der Waals surface area (Å²) in [6.07, 6.45) is -0.321. The molecule has 2 N–H and O–H groups in total. The van der Waals surface area contributed by atoms with Crippen LogP contribution < -0.4 is 14.2 Å². The molecule has 0 unspecified atom stereocenters. The fourth-order valence-electron chi connectivity index (χ4n) is 5.51. The van der Waals surface area contributed by atoms with Gasteiger partial charge in [-0.2, -0.15) is 0 Å². The van der Waals surface area contributed by atoms with E-state index in [1.807, 2.05) is 75.5 Å². The summed E-state index contributed by atoms with van der Waals surface area (Å²) in [5.74, 6) is 1.79. The van der Waals surface area contributed by atoms with Crippen molar-refractivity contribution < 1.29 is 27.8 Å². The number of amides is 1. The molecule has 1 amide bonds. The number of carbonyl (C=O) groups excluding carboxylic acids is 1. The molecule has 4 aromatic carbocycles. The summed E-state index contributed by atoms with van der Waals surface area (Å²) in [5.41, 5.74) is 1.96. The first kappa shape index (κ1) is 34.3. The third-order valence-electron chi connectivity index (χ3n) is 8.14. The zero-order chi connectivity index (χ0) is 33.6. The number of halogens is 1. The molecule has 4 aromatic rings. The Hall–Kier alpha value is -4.09. The third-order valence-corrected chi connectivity index (χ3v) is 9.79. The van der Waals surface area contributed by atoms with Crippen molar-refractivity contribution >= 4 is 33.2 Å². The van der Waals surface area contributed by atoms with Crippen molar-refractivity contribution in [3.05, 3.63) is 113 Å². The highest BCUT2D eigenvalue weighted by Gasteiger charge is 2.31. The van der Waals surface area contributed by atoms with Crippen molar-refractivity contribution in [2.75, 3.05) is 31.5 Å². The minimum Gasteiger partial charge on any atom is -0.488 e. The van der Waals surface area contributed by atoms with Crippen molar-refractivity contribution in [2.24, 2.45) is 5.92 Å². The summed E-state index contributed by atoms with van der Waals surface area (Å²) in [5, 5.41) is 10.4. The first-order valence-electron chi connectivity index (χ1n) is 15.5. The topological polar surface area (TPSA) is 108 Å². The molecule has 11 heteroatoms. The fraction of sp³-hybridized carbons (Fsp3) is 0.306. The minimum absolute atomic E-state index is 0.0110. The van der Waals surface area contributed by atoms with E-state index in [9.17, 15) is 18.3 Å². The van der Waals surface area contributed by atoms with E-state index >= 15 is 0 Å². The number of aliphatic hydroxyl groups is 1. The smallest absolute Gasteiger partial charge is 0.261 e. The standard InChI is InChI=1S/C36H40ClN3O6S/c1-25-21-40(26(2)24-41)36(42)20-28-19-30(38-47(43,44)33-16-11-29(37)12-17-33)13-18-34(28)46-35(25)23-39(3)22-27-9-14-32(15-10-27)45-31-7-5-4-6-8-31/h4-19,25-26,35,38,41H,20-24H2,1-3H3/t25-,26-,35-/m0/s1. The summed E-state index contributed by atoms with van der Waals surface area (Å²) < 4.78 is 41.3. The van der Waals surface area contributed by atoms with Gasteiger partial charge in [-0.1, -0.05) is 48.9 Å². The van der Waals surface area contributed by atoms with Crippen LogP contribution in [0.5, 0.6) is 17.2 Å². The maximum absolute atomic E-state index is 13.6. The van der Waals surface area contributed by atoms with Crippen LogP contribution in [0.3, 0.4) is 0 Å². The number of carbonyl (C=O) groups is 1. The van der Waals surface area contributed by atoms with Crippen LogP contribution in [0.1, 0.15) is 25.0 Å². The first-order chi connectivity index (χ1) is 22.5. The molecule has 5 rings (SSSR count). The predicted octanol–water partition coefficient (Wildman–Crippen LogP) is 6.21. The molecule has 0 radical (unpaired) electrons. The van der Waals surface area contributed by atoms with Gasteiger partial charge in [0.25, 0.3) is 10.0 Å². The second-order valence-corrected chi connectivity index (χ2v) is 14.1. The Balaban J connectivity index is 1.34. The molecule has 0 aliphatic carbocycles. The highest BCUT2D eigenvalue weighted by Crippen LogP contribution is 2.30. The van der Waals surface area contributed by atoms with Crippen LogP contribution >= 0.6 is 11.6 Å². The zero-order valence-corrected chi connectivity index (χ0v) is 28.2. The van der Waals surface area contributed by atoms with Gasteiger partial charge in [0, 0.05) is 41.8 Å². The molecule has 248 valence electrons. The number of nitrogens with zero attached hydrogens (tertiary/aromatic N) is 2. The van der Waals surface area contributed by atoms with Gasteiger partial charge in [0.2, 0.25) is 5.91 Å². The maximum atomic E-state index is 13.6. The molecule has 3 atom stereocenters. The second-order valence-electron chi connectivity index (χ2n) is 12.0. The average Bonchev–Trinajstić information content (AvgIpc) is 3.09. The molecule has 1 heterocycles. The molecule has 0 fully saturated rings. The Kier molecular flexibility index (Phi) is 11.1. The summed E-state index contributed by atoms with van der Waals surface area (Å²) in [6, 6.07) is 28.1. The van der Waals surface area contributed by atoms with Gasteiger partial charge in [0.15, 0.2) is 0 Å². The van der Waals surface area contributed by atoms with Gasteiger partial charge in [0.05, 0.1) is 24.0 Å². The number of anilines is 1. The number of rotatable bonds is 11. The van der Waals surface area contributed by atoms with Gasteiger partial charge < -0.3 is 19.5 Å². The van der Waals surface area contributed by atoms with E-state index in [1.165, 1.54) is 24.3 Å². The molecule has 47 heavy (non-hydrogen) atoms. The maximum Gasteiger partial charge on any atom is 0.261 e.